The lowest BCUT2D eigenvalue weighted by Crippen LogP contribution is -1.96. The smallest absolute Gasteiger partial charge is 0.0899 e. The van der Waals surface area contributed by atoms with Gasteiger partial charge in [-0.15, -0.1) is 0 Å². The van der Waals surface area contributed by atoms with Crippen molar-refractivity contribution in [2.24, 2.45) is 0 Å². The number of aromatic nitrogens is 5. The van der Waals surface area contributed by atoms with Crippen LogP contribution in [0, 0.1) is 0 Å². The van der Waals surface area contributed by atoms with Crippen LogP contribution in [0.1, 0.15) is 0 Å². The highest BCUT2D eigenvalue weighted by Crippen LogP contribution is 2.40. The number of hydrogen-bond donors (Lipinski definition) is 0. The van der Waals surface area contributed by atoms with E-state index >= 15 is 0 Å². The average molecular weight is 804 g/mol. The van der Waals surface area contributed by atoms with Gasteiger partial charge in [-0.1, -0.05) is 146 Å². The van der Waals surface area contributed by atoms with Crippen molar-refractivity contribution in [1.29, 1.82) is 0 Å². The van der Waals surface area contributed by atoms with E-state index in [2.05, 4.69) is 198 Å². The van der Waals surface area contributed by atoms with E-state index in [0.717, 1.165) is 100 Å². The van der Waals surface area contributed by atoms with Crippen molar-refractivity contribution in [3.8, 4) is 73.1 Å². The van der Waals surface area contributed by atoms with Gasteiger partial charge in [-0.2, -0.15) is 0 Å². The first-order valence-electron chi connectivity index (χ1n) is 21.2. The summed E-state index contributed by atoms with van der Waals surface area (Å²) in [6, 6.07) is 74.7. The van der Waals surface area contributed by atoms with Crippen molar-refractivity contribution in [3.63, 3.8) is 0 Å². The predicted molar refractivity (Wildman–Crippen MR) is 260 cm³/mol. The second-order valence-electron chi connectivity index (χ2n) is 15.9. The molecule has 0 fully saturated rings. The molecule has 5 heterocycles. The van der Waals surface area contributed by atoms with Gasteiger partial charge >= 0.3 is 0 Å². The van der Waals surface area contributed by atoms with E-state index in [-0.39, 0.29) is 0 Å². The number of fused-ring (bicyclic) bond motifs is 6. The minimum absolute atomic E-state index is 0.810. The molecule has 0 unspecified atom stereocenters. The van der Waals surface area contributed by atoms with Crippen LogP contribution in [0.3, 0.4) is 0 Å². The Bertz CT molecular complexity index is 3520. The van der Waals surface area contributed by atoms with Crippen LogP contribution >= 0.6 is 0 Å². The molecule has 12 rings (SSSR count). The van der Waals surface area contributed by atoms with Crippen LogP contribution in [0.15, 0.2) is 225 Å². The summed E-state index contributed by atoms with van der Waals surface area (Å²) in [4.78, 5) is 20.0. The zero-order chi connectivity index (χ0) is 41.7. The van der Waals surface area contributed by atoms with Crippen LogP contribution in [-0.4, -0.2) is 24.5 Å². The van der Waals surface area contributed by atoms with Crippen molar-refractivity contribution >= 4 is 43.5 Å². The Morgan fingerprint density at radius 2 is 0.937 bits per heavy atom. The lowest BCUT2D eigenvalue weighted by Gasteiger charge is -2.13. The van der Waals surface area contributed by atoms with Gasteiger partial charge in [0.2, 0.25) is 0 Å². The molecule has 0 N–H and O–H groups in total. The molecule has 5 nitrogen and oxygen atoms in total. The van der Waals surface area contributed by atoms with Crippen LogP contribution in [0.25, 0.3) is 117 Å². The number of rotatable bonds is 7. The molecular weight excluding hydrogens is 767 g/mol. The van der Waals surface area contributed by atoms with E-state index in [9.17, 15) is 0 Å². The van der Waals surface area contributed by atoms with Crippen LogP contribution in [0.5, 0.6) is 0 Å². The largest absolute Gasteiger partial charge is 0.309 e. The standard InChI is InChI=1S/C58H37N5/c1-3-13-38(14-4-1)43-28-31-53(60-37-43)55-34-44(33-54(61-55)41-24-22-40(23-25-41)51-19-11-12-32-59-51)39-26-29-45(30-27-39)63-56-21-10-8-18-47(56)49-35-48-46-17-7-9-20-52(46)62-58(50(48)36-57(49)63)42-15-5-2-6-16-42/h1-37H. The summed E-state index contributed by atoms with van der Waals surface area (Å²) in [5.41, 5.74) is 16.3. The highest BCUT2D eigenvalue weighted by molar-refractivity contribution is 6.20. The van der Waals surface area contributed by atoms with Gasteiger partial charge in [0.05, 0.1) is 45.0 Å². The third kappa shape index (κ3) is 6.51. The van der Waals surface area contributed by atoms with Gasteiger partial charge < -0.3 is 4.57 Å². The van der Waals surface area contributed by atoms with Crippen molar-refractivity contribution in [2.75, 3.05) is 0 Å². The molecule has 12 aromatic rings. The Balaban J connectivity index is 0.992. The van der Waals surface area contributed by atoms with E-state index in [1.807, 2.05) is 36.7 Å². The monoisotopic (exact) mass is 803 g/mol. The van der Waals surface area contributed by atoms with Gasteiger partial charge in [-0.25, -0.2) is 9.97 Å². The van der Waals surface area contributed by atoms with E-state index in [1.165, 1.54) is 16.2 Å². The van der Waals surface area contributed by atoms with Gasteiger partial charge in [0, 0.05) is 61.9 Å². The van der Waals surface area contributed by atoms with Gasteiger partial charge in [0.1, 0.15) is 0 Å². The maximum absolute atomic E-state index is 5.25. The summed E-state index contributed by atoms with van der Waals surface area (Å²) in [5, 5.41) is 5.90. The van der Waals surface area contributed by atoms with Crippen LogP contribution in [-0.2, 0) is 0 Å². The fourth-order valence-corrected chi connectivity index (χ4v) is 8.98. The molecule has 0 bridgehead atoms. The van der Waals surface area contributed by atoms with Crippen molar-refractivity contribution in [1.82, 2.24) is 24.5 Å². The predicted octanol–water partition coefficient (Wildman–Crippen LogP) is 14.7. The summed E-state index contributed by atoms with van der Waals surface area (Å²) in [6.07, 6.45) is 3.76. The molecule has 5 aromatic heterocycles. The average Bonchev–Trinajstić information content (AvgIpc) is 3.69. The van der Waals surface area contributed by atoms with Gasteiger partial charge in [-0.05, 0) is 88.8 Å². The van der Waals surface area contributed by atoms with Crippen LogP contribution in [0.4, 0.5) is 0 Å². The SMILES string of the molecule is c1ccc(-c2ccc(-c3cc(-c4ccc(-n5c6ccccc6c6cc7c(cc65)c(-c5ccccc5)nc5ccccc57)cc4)cc(-c4ccc(-c5ccccn5)cc4)n3)nc2)cc1. The molecule has 0 aliphatic heterocycles. The molecule has 0 saturated heterocycles. The van der Waals surface area contributed by atoms with Gasteiger partial charge in [0.15, 0.2) is 0 Å². The van der Waals surface area contributed by atoms with Gasteiger partial charge in [0.25, 0.3) is 0 Å². The van der Waals surface area contributed by atoms with Crippen molar-refractivity contribution in [2.45, 2.75) is 0 Å². The number of nitrogens with zero attached hydrogens (tertiary/aromatic N) is 5. The number of pyridine rings is 4. The molecule has 7 aromatic carbocycles. The highest BCUT2D eigenvalue weighted by atomic mass is 15.0. The molecule has 63 heavy (non-hydrogen) atoms. The first kappa shape index (κ1) is 36.3. The maximum Gasteiger partial charge on any atom is 0.0899 e. The molecular formula is C58H37N5. The lowest BCUT2D eigenvalue weighted by molar-refractivity contribution is 1.18. The number of para-hydroxylation sites is 2. The third-order valence-electron chi connectivity index (χ3n) is 12.1. The summed E-state index contributed by atoms with van der Waals surface area (Å²) in [7, 11) is 0. The minimum Gasteiger partial charge on any atom is -0.309 e. The third-order valence-corrected chi connectivity index (χ3v) is 12.1. The van der Waals surface area contributed by atoms with Crippen molar-refractivity contribution in [3.05, 3.63) is 225 Å². The zero-order valence-corrected chi connectivity index (χ0v) is 34.1. The van der Waals surface area contributed by atoms with E-state index < -0.39 is 0 Å². The summed E-state index contributed by atoms with van der Waals surface area (Å²) in [6.45, 7) is 0. The lowest BCUT2D eigenvalue weighted by atomic mass is 9.98. The van der Waals surface area contributed by atoms with E-state index in [4.69, 9.17) is 15.0 Å². The normalized spacial score (nSPS) is 11.5. The van der Waals surface area contributed by atoms with Crippen molar-refractivity contribution < 1.29 is 0 Å². The van der Waals surface area contributed by atoms with Gasteiger partial charge in [-0.3, -0.25) is 9.97 Å². The highest BCUT2D eigenvalue weighted by Gasteiger charge is 2.18. The van der Waals surface area contributed by atoms with E-state index in [1.54, 1.807) is 0 Å². The quantitative estimate of drug-likeness (QED) is 0.151. The second kappa shape index (κ2) is 15.2. The summed E-state index contributed by atoms with van der Waals surface area (Å²) in [5.74, 6) is 0. The minimum atomic E-state index is 0.810. The molecule has 0 aliphatic carbocycles. The van der Waals surface area contributed by atoms with E-state index in [0.29, 0.717) is 0 Å². The Kier molecular flexibility index (Phi) is 8.75. The number of hydrogen-bond acceptors (Lipinski definition) is 4. The molecule has 0 amide bonds. The molecule has 0 spiro atoms. The Morgan fingerprint density at radius 1 is 0.302 bits per heavy atom. The molecule has 0 atom stereocenters. The molecule has 0 radical (unpaired) electrons. The molecule has 294 valence electrons. The first-order valence-corrected chi connectivity index (χ1v) is 21.2. The Labute approximate surface area is 364 Å². The fraction of sp³-hybridized carbons (Fsp3) is 0. The number of benzene rings is 7. The topological polar surface area (TPSA) is 56.5 Å². The first-order chi connectivity index (χ1) is 31.2. The van der Waals surface area contributed by atoms with Crippen LogP contribution < -0.4 is 0 Å². The molecule has 0 aliphatic rings. The summed E-state index contributed by atoms with van der Waals surface area (Å²) < 4.78 is 2.39. The summed E-state index contributed by atoms with van der Waals surface area (Å²) >= 11 is 0. The molecule has 5 heteroatoms. The zero-order valence-electron chi connectivity index (χ0n) is 34.1. The second-order valence-corrected chi connectivity index (χ2v) is 15.9. The Hall–Kier alpha value is -8.54. The molecule has 0 saturated carbocycles. The maximum atomic E-state index is 5.25. The van der Waals surface area contributed by atoms with Crippen LogP contribution in [0.2, 0.25) is 0 Å². The fourth-order valence-electron chi connectivity index (χ4n) is 8.98. The Morgan fingerprint density at radius 3 is 1.68 bits per heavy atom.